The second-order valence-electron chi connectivity index (χ2n) is 5.92. The summed E-state index contributed by atoms with van der Waals surface area (Å²) in [6, 6.07) is 7.37. The average molecular weight is 316 g/mol. The van der Waals surface area contributed by atoms with Crippen molar-refractivity contribution in [3.63, 3.8) is 0 Å². The Morgan fingerprint density at radius 2 is 2.04 bits per heavy atom. The molecule has 2 aromatic rings. The van der Waals surface area contributed by atoms with Crippen molar-refractivity contribution in [3.05, 3.63) is 30.5 Å². The molecule has 0 aliphatic carbocycles. The Bertz CT molecular complexity index is 716. The molecule has 2 N–H and O–H groups in total. The van der Waals surface area contributed by atoms with Crippen molar-refractivity contribution < 1.29 is 19.4 Å². The molecule has 0 bridgehead atoms. The monoisotopic (exact) mass is 316 g/mol. The number of amides is 1. The Labute approximate surface area is 134 Å². The molecule has 0 radical (unpaired) electrons. The van der Waals surface area contributed by atoms with E-state index in [1.807, 2.05) is 24.3 Å². The Kier molecular flexibility index (Phi) is 4.62. The number of aliphatic carboxylic acids is 1. The van der Waals surface area contributed by atoms with Crippen LogP contribution in [-0.2, 0) is 20.9 Å². The van der Waals surface area contributed by atoms with E-state index in [4.69, 9.17) is 9.84 Å². The van der Waals surface area contributed by atoms with Crippen LogP contribution < -0.4 is 5.32 Å². The van der Waals surface area contributed by atoms with Crippen LogP contribution in [0.5, 0.6) is 0 Å². The molecule has 6 nitrogen and oxygen atoms in total. The van der Waals surface area contributed by atoms with Gasteiger partial charge in [0.15, 0.2) is 0 Å². The number of fused-ring (bicyclic) bond motifs is 1. The molecular formula is C17H20N2O4. The molecule has 0 atom stereocenters. The number of anilines is 1. The molecule has 1 fully saturated rings. The van der Waals surface area contributed by atoms with E-state index in [9.17, 15) is 9.59 Å². The van der Waals surface area contributed by atoms with E-state index in [-0.39, 0.29) is 12.5 Å². The second-order valence-corrected chi connectivity index (χ2v) is 5.92. The molecule has 1 saturated heterocycles. The van der Waals surface area contributed by atoms with Crippen LogP contribution in [0.2, 0.25) is 0 Å². The summed E-state index contributed by atoms with van der Waals surface area (Å²) in [4.78, 5) is 23.0. The number of carboxylic acids is 1. The number of ether oxygens (including phenoxy) is 1. The Hall–Kier alpha value is -2.34. The standard InChI is InChI=1S/C17H20N2O4/c20-16(9-12-4-7-23-8-5-12)18-14-1-2-15-13(10-14)3-6-19(15)11-17(21)22/h1-3,6,10,12H,4-5,7-9,11H2,(H,18,20)(H,21,22). The van der Waals surface area contributed by atoms with Crippen molar-refractivity contribution >= 4 is 28.5 Å². The highest BCUT2D eigenvalue weighted by molar-refractivity contribution is 5.94. The van der Waals surface area contributed by atoms with Gasteiger partial charge in [-0.3, -0.25) is 9.59 Å². The van der Waals surface area contributed by atoms with Gasteiger partial charge in [0.25, 0.3) is 0 Å². The summed E-state index contributed by atoms with van der Waals surface area (Å²) in [5, 5.41) is 12.7. The number of rotatable bonds is 5. The van der Waals surface area contributed by atoms with E-state index in [2.05, 4.69) is 5.32 Å². The molecule has 122 valence electrons. The maximum absolute atomic E-state index is 12.1. The normalized spacial score (nSPS) is 15.7. The van der Waals surface area contributed by atoms with Crippen molar-refractivity contribution in [3.8, 4) is 0 Å². The quantitative estimate of drug-likeness (QED) is 0.888. The molecule has 1 aromatic carbocycles. The molecule has 1 aromatic heterocycles. The molecule has 1 amide bonds. The largest absolute Gasteiger partial charge is 0.480 e. The lowest BCUT2D eigenvalue weighted by molar-refractivity contribution is -0.137. The van der Waals surface area contributed by atoms with Crippen LogP contribution in [0.25, 0.3) is 10.9 Å². The molecule has 1 aliphatic rings. The van der Waals surface area contributed by atoms with Gasteiger partial charge in [-0.05, 0) is 43.0 Å². The van der Waals surface area contributed by atoms with Crippen LogP contribution in [0.4, 0.5) is 5.69 Å². The van der Waals surface area contributed by atoms with Crippen LogP contribution in [-0.4, -0.2) is 34.8 Å². The highest BCUT2D eigenvalue weighted by Crippen LogP contribution is 2.22. The second kappa shape index (κ2) is 6.83. The van der Waals surface area contributed by atoms with Gasteiger partial charge in [-0.1, -0.05) is 0 Å². The molecule has 0 unspecified atom stereocenters. The maximum atomic E-state index is 12.1. The Morgan fingerprint density at radius 1 is 1.26 bits per heavy atom. The van der Waals surface area contributed by atoms with Crippen LogP contribution in [0.15, 0.2) is 30.5 Å². The Balaban J connectivity index is 1.66. The fourth-order valence-corrected chi connectivity index (χ4v) is 2.99. The molecule has 23 heavy (non-hydrogen) atoms. The number of carbonyl (C=O) groups is 2. The van der Waals surface area contributed by atoms with Crippen LogP contribution in [0.1, 0.15) is 19.3 Å². The van der Waals surface area contributed by atoms with Gasteiger partial charge in [0.05, 0.1) is 0 Å². The molecule has 6 heteroatoms. The van der Waals surface area contributed by atoms with E-state index >= 15 is 0 Å². The van der Waals surface area contributed by atoms with Crippen molar-refractivity contribution in [2.75, 3.05) is 18.5 Å². The zero-order valence-corrected chi connectivity index (χ0v) is 12.8. The summed E-state index contributed by atoms with van der Waals surface area (Å²) >= 11 is 0. The third kappa shape index (κ3) is 3.90. The highest BCUT2D eigenvalue weighted by Gasteiger charge is 2.17. The molecule has 0 spiro atoms. The van der Waals surface area contributed by atoms with Crippen molar-refractivity contribution in [1.82, 2.24) is 4.57 Å². The molecule has 3 rings (SSSR count). The summed E-state index contributed by atoms with van der Waals surface area (Å²) in [6.45, 7) is 1.40. The first-order chi connectivity index (χ1) is 11.1. The van der Waals surface area contributed by atoms with Gasteiger partial charge in [-0.2, -0.15) is 0 Å². The van der Waals surface area contributed by atoms with Gasteiger partial charge in [0.1, 0.15) is 6.54 Å². The van der Waals surface area contributed by atoms with Gasteiger partial charge in [-0.25, -0.2) is 0 Å². The number of aromatic nitrogens is 1. The van der Waals surface area contributed by atoms with Crippen molar-refractivity contribution in [2.45, 2.75) is 25.8 Å². The van der Waals surface area contributed by atoms with E-state index in [0.29, 0.717) is 12.3 Å². The number of hydrogen-bond acceptors (Lipinski definition) is 3. The summed E-state index contributed by atoms with van der Waals surface area (Å²) < 4.78 is 6.97. The molecule has 0 saturated carbocycles. The summed E-state index contributed by atoms with van der Waals surface area (Å²) in [5.41, 5.74) is 1.58. The van der Waals surface area contributed by atoms with E-state index in [0.717, 1.165) is 42.6 Å². The third-order valence-electron chi connectivity index (χ3n) is 4.18. The first kappa shape index (κ1) is 15.6. The minimum atomic E-state index is -0.878. The summed E-state index contributed by atoms with van der Waals surface area (Å²) in [7, 11) is 0. The van der Waals surface area contributed by atoms with Crippen LogP contribution in [0, 0.1) is 5.92 Å². The number of benzene rings is 1. The first-order valence-corrected chi connectivity index (χ1v) is 7.80. The van der Waals surface area contributed by atoms with Gasteiger partial charge >= 0.3 is 5.97 Å². The van der Waals surface area contributed by atoms with Gasteiger partial charge < -0.3 is 19.7 Å². The Morgan fingerprint density at radius 3 is 2.78 bits per heavy atom. The number of carboxylic acid groups (broad SMARTS) is 1. The van der Waals surface area contributed by atoms with Crippen LogP contribution >= 0.6 is 0 Å². The van der Waals surface area contributed by atoms with E-state index in [1.54, 1.807) is 10.8 Å². The van der Waals surface area contributed by atoms with E-state index < -0.39 is 5.97 Å². The fourth-order valence-electron chi connectivity index (χ4n) is 2.99. The van der Waals surface area contributed by atoms with Gasteiger partial charge in [-0.15, -0.1) is 0 Å². The minimum Gasteiger partial charge on any atom is -0.480 e. The lowest BCUT2D eigenvalue weighted by Crippen LogP contribution is -2.22. The molecular weight excluding hydrogens is 296 g/mol. The lowest BCUT2D eigenvalue weighted by atomic mass is 9.96. The SMILES string of the molecule is O=C(O)Cn1ccc2cc(NC(=O)CC3CCOCC3)ccc21. The summed E-state index contributed by atoms with van der Waals surface area (Å²) in [6.07, 6.45) is 4.13. The average Bonchev–Trinajstić information content (AvgIpc) is 2.90. The lowest BCUT2D eigenvalue weighted by Gasteiger charge is -2.21. The maximum Gasteiger partial charge on any atom is 0.323 e. The van der Waals surface area contributed by atoms with Gasteiger partial charge in [0, 0.05) is 42.4 Å². The predicted molar refractivity (Wildman–Crippen MR) is 86.4 cm³/mol. The number of hydrogen-bond donors (Lipinski definition) is 2. The zero-order valence-electron chi connectivity index (χ0n) is 12.8. The van der Waals surface area contributed by atoms with Crippen LogP contribution in [0.3, 0.4) is 0 Å². The van der Waals surface area contributed by atoms with Crippen molar-refractivity contribution in [2.24, 2.45) is 5.92 Å². The first-order valence-electron chi connectivity index (χ1n) is 7.80. The van der Waals surface area contributed by atoms with Crippen molar-refractivity contribution in [1.29, 1.82) is 0 Å². The third-order valence-corrected chi connectivity index (χ3v) is 4.18. The highest BCUT2D eigenvalue weighted by atomic mass is 16.5. The zero-order chi connectivity index (χ0) is 16.2. The summed E-state index contributed by atoms with van der Waals surface area (Å²) in [5.74, 6) is -0.471. The minimum absolute atomic E-state index is 0.0150. The molecule has 1 aliphatic heterocycles. The topological polar surface area (TPSA) is 80.6 Å². The molecule has 2 heterocycles. The predicted octanol–water partition coefficient (Wildman–Crippen LogP) is 2.48. The smallest absolute Gasteiger partial charge is 0.323 e. The van der Waals surface area contributed by atoms with E-state index in [1.165, 1.54) is 0 Å². The van der Waals surface area contributed by atoms with Gasteiger partial charge in [0.2, 0.25) is 5.91 Å². The number of nitrogens with one attached hydrogen (secondary N) is 1. The number of nitrogens with zero attached hydrogens (tertiary/aromatic N) is 1. The number of carbonyl (C=O) groups excluding carboxylic acids is 1. The fraction of sp³-hybridized carbons (Fsp3) is 0.412.